The zero-order chi connectivity index (χ0) is 30.1. The molecular formula is C32H32Cl2F2N6O. The van der Waals surface area contributed by atoms with Crippen LogP contribution in [0.3, 0.4) is 0 Å². The Balaban J connectivity index is 1.19. The third-order valence-electron chi connectivity index (χ3n) is 8.50. The summed E-state index contributed by atoms with van der Waals surface area (Å²) in [4.78, 5) is 8.49. The molecule has 2 atom stereocenters. The number of aliphatic hydroxyl groups is 1. The van der Waals surface area contributed by atoms with Gasteiger partial charge in [0.05, 0.1) is 17.1 Å². The Morgan fingerprint density at radius 2 is 1.74 bits per heavy atom. The lowest BCUT2D eigenvalue weighted by molar-refractivity contribution is -0.0743. The van der Waals surface area contributed by atoms with Gasteiger partial charge in [-0.25, -0.2) is 18.4 Å². The highest BCUT2D eigenvalue weighted by Gasteiger charge is 2.42. The number of halogens is 4. The van der Waals surface area contributed by atoms with Gasteiger partial charge in [0.1, 0.15) is 29.9 Å². The highest BCUT2D eigenvalue weighted by Crippen LogP contribution is 2.34. The molecule has 0 spiro atoms. The summed E-state index contributed by atoms with van der Waals surface area (Å²) in [7, 11) is 0. The molecule has 1 N–H and O–H groups in total. The Labute approximate surface area is 258 Å². The monoisotopic (exact) mass is 624 g/mol. The van der Waals surface area contributed by atoms with E-state index in [2.05, 4.69) is 36.7 Å². The van der Waals surface area contributed by atoms with E-state index in [1.54, 1.807) is 0 Å². The highest BCUT2D eigenvalue weighted by atomic mass is 35.5. The van der Waals surface area contributed by atoms with Gasteiger partial charge in [-0.2, -0.15) is 5.10 Å². The molecule has 3 aromatic carbocycles. The zero-order valence-electron chi connectivity index (χ0n) is 23.7. The average Bonchev–Trinajstić information content (AvgIpc) is 3.62. The fourth-order valence-electron chi connectivity index (χ4n) is 6.12. The molecule has 6 rings (SSSR count). The van der Waals surface area contributed by atoms with Crippen LogP contribution in [0.1, 0.15) is 23.6 Å². The predicted molar refractivity (Wildman–Crippen MR) is 164 cm³/mol. The molecule has 1 saturated heterocycles. The summed E-state index contributed by atoms with van der Waals surface area (Å²) in [5.41, 5.74) is 1.68. The maximum absolute atomic E-state index is 15.0. The fraction of sp³-hybridized carbons (Fsp3) is 0.312. The summed E-state index contributed by atoms with van der Waals surface area (Å²) in [5, 5.41) is 18.7. The first-order chi connectivity index (χ1) is 20.7. The van der Waals surface area contributed by atoms with Gasteiger partial charge in [-0.15, -0.1) is 0 Å². The van der Waals surface area contributed by atoms with Crippen molar-refractivity contribution < 1.29 is 13.9 Å². The van der Waals surface area contributed by atoms with E-state index >= 15 is 4.39 Å². The SMILES string of the molecule is C[C@@H](N1CCN(Cc2cn(Cc3ccc(Cl)cc3)c3c(Cl)cccc23)CC1)[C@](O)(Cn1cncn1)c1ccc(F)cc1F. The van der Waals surface area contributed by atoms with Gasteiger partial charge < -0.3 is 9.67 Å². The standard InChI is InChI=1S/C32H32Cl2F2N6O/c1-22(32(43,19-42-21-37-20-38-42)28-10-9-26(35)15-30(28)36)40-13-11-39(12-14-40)17-24-18-41(16-23-5-7-25(33)8-6-23)31-27(24)3-2-4-29(31)34/h2-10,15,18,20-22,43H,11-14,16-17,19H2,1H3/t22-,32-/m1/s1. The minimum Gasteiger partial charge on any atom is -0.381 e. The van der Waals surface area contributed by atoms with Crippen molar-refractivity contribution in [3.63, 3.8) is 0 Å². The Morgan fingerprint density at radius 1 is 0.977 bits per heavy atom. The summed E-state index contributed by atoms with van der Waals surface area (Å²) in [6.07, 6.45) is 5.02. The predicted octanol–water partition coefficient (Wildman–Crippen LogP) is 5.96. The topological polar surface area (TPSA) is 62.4 Å². The van der Waals surface area contributed by atoms with E-state index in [9.17, 15) is 9.50 Å². The van der Waals surface area contributed by atoms with Crippen LogP contribution < -0.4 is 0 Å². The first-order valence-corrected chi connectivity index (χ1v) is 14.9. The molecule has 2 aromatic heterocycles. The van der Waals surface area contributed by atoms with Crippen molar-refractivity contribution in [2.75, 3.05) is 26.2 Å². The molecule has 1 aliphatic rings. The van der Waals surface area contributed by atoms with Crippen LogP contribution in [0.15, 0.2) is 79.5 Å². The second kappa shape index (κ2) is 12.3. The lowest BCUT2D eigenvalue weighted by Gasteiger charge is -2.45. The third kappa shape index (κ3) is 6.18. The minimum absolute atomic E-state index is 0.0230. The molecule has 0 amide bonds. The quantitative estimate of drug-likeness (QED) is 0.219. The van der Waals surface area contributed by atoms with Crippen LogP contribution >= 0.6 is 23.2 Å². The van der Waals surface area contributed by atoms with Gasteiger partial charge in [-0.05, 0) is 42.3 Å². The van der Waals surface area contributed by atoms with Crippen molar-refractivity contribution in [3.8, 4) is 0 Å². The zero-order valence-corrected chi connectivity index (χ0v) is 25.2. The van der Waals surface area contributed by atoms with Crippen molar-refractivity contribution >= 4 is 34.1 Å². The molecule has 43 heavy (non-hydrogen) atoms. The molecule has 0 aliphatic carbocycles. The summed E-state index contributed by atoms with van der Waals surface area (Å²) in [6.45, 7) is 6.09. The molecule has 11 heteroatoms. The molecule has 0 radical (unpaired) electrons. The minimum atomic E-state index is -1.67. The Hall–Kier alpha value is -3.34. The third-order valence-corrected chi connectivity index (χ3v) is 9.06. The highest BCUT2D eigenvalue weighted by molar-refractivity contribution is 6.35. The van der Waals surface area contributed by atoms with E-state index in [1.165, 1.54) is 35.0 Å². The van der Waals surface area contributed by atoms with E-state index in [4.69, 9.17) is 23.2 Å². The van der Waals surface area contributed by atoms with Crippen LogP contribution in [-0.2, 0) is 25.2 Å². The van der Waals surface area contributed by atoms with Gasteiger partial charge in [-0.3, -0.25) is 9.80 Å². The van der Waals surface area contributed by atoms with Gasteiger partial charge in [0.25, 0.3) is 0 Å². The van der Waals surface area contributed by atoms with Crippen molar-refractivity contribution in [1.29, 1.82) is 0 Å². The summed E-state index contributed by atoms with van der Waals surface area (Å²) >= 11 is 12.8. The maximum Gasteiger partial charge on any atom is 0.137 e. The molecule has 1 aliphatic heterocycles. The number of hydrogen-bond acceptors (Lipinski definition) is 5. The number of benzene rings is 3. The van der Waals surface area contributed by atoms with Crippen LogP contribution in [0, 0.1) is 11.6 Å². The molecular weight excluding hydrogens is 593 g/mol. The summed E-state index contributed by atoms with van der Waals surface area (Å²) in [5.74, 6) is -1.48. The lowest BCUT2D eigenvalue weighted by Crippen LogP contribution is -2.57. The van der Waals surface area contributed by atoms with E-state index in [0.717, 1.165) is 42.2 Å². The number of aromatic nitrogens is 4. The first-order valence-electron chi connectivity index (χ1n) is 14.2. The Kier molecular flexibility index (Phi) is 8.53. The molecule has 1 fully saturated rings. The number of fused-ring (bicyclic) bond motifs is 1. The second-order valence-corrected chi connectivity index (χ2v) is 12.0. The van der Waals surface area contributed by atoms with E-state index in [-0.39, 0.29) is 12.1 Å². The molecule has 5 aromatic rings. The lowest BCUT2D eigenvalue weighted by atomic mass is 9.85. The van der Waals surface area contributed by atoms with Crippen LogP contribution in [0.4, 0.5) is 8.78 Å². The van der Waals surface area contributed by atoms with Crippen LogP contribution in [-0.4, -0.2) is 66.5 Å². The first kappa shape index (κ1) is 29.7. The molecule has 7 nitrogen and oxygen atoms in total. The Bertz CT molecular complexity index is 1700. The van der Waals surface area contributed by atoms with Gasteiger partial charge in [0.2, 0.25) is 0 Å². The number of para-hydroxylation sites is 1. The smallest absolute Gasteiger partial charge is 0.137 e. The number of hydrogen-bond donors (Lipinski definition) is 1. The Morgan fingerprint density at radius 3 is 2.44 bits per heavy atom. The van der Waals surface area contributed by atoms with Crippen LogP contribution in [0.5, 0.6) is 0 Å². The van der Waals surface area contributed by atoms with E-state index in [1.807, 2.05) is 43.3 Å². The van der Waals surface area contributed by atoms with Crippen LogP contribution in [0.2, 0.25) is 10.0 Å². The largest absolute Gasteiger partial charge is 0.381 e. The van der Waals surface area contributed by atoms with Crippen molar-refractivity contribution in [2.45, 2.75) is 38.2 Å². The molecule has 0 saturated carbocycles. The molecule has 3 heterocycles. The maximum atomic E-state index is 15.0. The van der Waals surface area contributed by atoms with Gasteiger partial charge in [0, 0.05) is 73.5 Å². The van der Waals surface area contributed by atoms with Gasteiger partial charge in [0.15, 0.2) is 0 Å². The summed E-state index contributed by atoms with van der Waals surface area (Å²) in [6, 6.07) is 16.6. The number of nitrogens with zero attached hydrogens (tertiary/aromatic N) is 6. The second-order valence-electron chi connectivity index (χ2n) is 11.2. The normalized spacial score (nSPS) is 16.9. The van der Waals surface area contributed by atoms with E-state index in [0.29, 0.717) is 29.7 Å². The molecule has 0 bridgehead atoms. The van der Waals surface area contributed by atoms with Crippen molar-refractivity contribution in [1.82, 2.24) is 29.1 Å². The van der Waals surface area contributed by atoms with Crippen LogP contribution in [0.25, 0.3) is 10.9 Å². The van der Waals surface area contributed by atoms with Crippen molar-refractivity contribution in [3.05, 3.63) is 118 Å². The van der Waals surface area contributed by atoms with Gasteiger partial charge >= 0.3 is 0 Å². The molecule has 224 valence electrons. The van der Waals surface area contributed by atoms with Crippen molar-refractivity contribution in [2.24, 2.45) is 0 Å². The number of rotatable bonds is 9. The van der Waals surface area contributed by atoms with Gasteiger partial charge in [-0.1, -0.05) is 53.5 Å². The molecule has 0 unspecified atom stereocenters. The summed E-state index contributed by atoms with van der Waals surface area (Å²) < 4.78 is 32.5. The fourth-order valence-corrected chi connectivity index (χ4v) is 6.53. The van der Waals surface area contributed by atoms with E-state index < -0.39 is 23.3 Å². The average molecular weight is 626 g/mol. The number of piperazine rings is 1.